The molecule has 4 rings (SSSR count). The van der Waals surface area contributed by atoms with Crippen LogP contribution in [0.1, 0.15) is 24.0 Å². The number of carbonyl (C=O) groups is 3. The van der Waals surface area contributed by atoms with Gasteiger partial charge in [0.25, 0.3) is 0 Å². The zero-order chi connectivity index (χ0) is 22.3. The van der Waals surface area contributed by atoms with Gasteiger partial charge in [0.05, 0.1) is 0 Å². The molecule has 1 aromatic heterocycles. The molecule has 2 fully saturated rings. The fraction of sp³-hybridized carbons (Fsp3) is 0.417. The molecule has 0 bridgehead atoms. The highest BCUT2D eigenvalue weighted by Crippen LogP contribution is 2.33. The lowest BCUT2D eigenvalue weighted by atomic mass is 10.0. The van der Waals surface area contributed by atoms with Gasteiger partial charge in [-0.05, 0) is 48.4 Å². The molecule has 168 valence electrons. The highest BCUT2D eigenvalue weighted by atomic mass is 16.2. The number of benzene rings is 1. The highest BCUT2D eigenvalue weighted by Gasteiger charge is 2.42. The second-order valence-corrected chi connectivity index (χ2v) is 8.52. The Morgan fingerprint density at radius 1 is 1.03 bits per heavy atom. The van der Waals surface area contributed by atoms with Crippen LogP contribution in [0.3, 0.4) is 0 Å². The molecule has 0 unspecified atom stereocenters. The molecule has 1 aliphatic carbocycles. The minimum atomic E-state index is -0.255. The first-order chi connectivity index (χ1) is 15.6. The summed E-state index contributed by atoms with van der Waals surface area (Å²) in [6, 6.07) is 13.2. The first kappa shape index (κ1) is 21.8. The maximum absolute atomic E-state index is 12.7. The minimum Gasteiger partial charge on any atom is -0.356 e. The van der Waals surface area contributed by atoms with Crippen molar-refractivity contribution in [2.75, 3.05) is 19.6 Å². The molecule has 1 saturated heterocycles. The van der Waals surface area contributed by atoms with E-state index >= 15 is 0 Å². The predicted octanol–water partition coefficient (Wildman–Crippen LogP) is 1.48. The van der Waals surface area contributed by atoms with E-state index in [1.807, 2.05) is 42.5 Å². The van der Waals surface area contributed by atoms with E-state index in [0.29, 0.717) is 32.5 Å². The predicted molar refractivity (Wildman–Crippen MR) is 119 cm³/mol. The minimum absolute atomic E-state index is 0.0152. The van der Waals surface area contributed by atoms with Crippen molar-refractivity contribution in [1.82, 2.24) is 25.8 Å². The number of hydrogen-bond donors (Lipinski definition) is 3. The number of nitrogens with zero attached hydrogens (tertiary/aromatic N) is 2. The maximum Gasteiger partial charge on any atom is 0.318 e. The summed E-state index contributed by atoms with van der Waals surface area (Å²) in [5, 5.41) is 8.93. The number of carbonyl (C=O) groups excluding carboxylic acids is 3. The number of rotatable bonds is 6. The van der Waals surface area contributed by atoms with Crippen LogP contribution >= 0.6 is 0 Å². The molecule has 1 saturated carbocycles. The Hall–Kier alpha value is -3.42. The Morgan fingerprint density at radius 2 is 1.81 bits per heavy atom. The average Bonchev–Trinajstić information content (AvgIpc) is 3.13. The molecule has 8 heteroatoms. The molecule has 8 nitrogen and oxygen atoms in total. The molecule has 2 aliphatic rings. The van der Waals surface area contributed by atoms with Crippen molar-refractivity contribution < 1.29 is 14.4 Å². The summed E-state index contributed by atoms with van der Waals surface area (Å²) >= 11 is 0. The van der Waals surface area contributed by atoms with Gasteiger partial charge in [-0.25, -0.2) is 4.79 Å². The molecule has 2 heterocycles. The molecule has 0 spiro atoms. The normalized spacial score (nSPS) is 22.4. The van der Waals surface area contributed by atoms with Gasteiger partial charge in [0, 0.05) is 44.0 Å². The van der Waals surface area contributed by atoms with Crippen LogP contribution in [0.25, 0.3) is 0 Å². The van der Waals surface area contributed by atoms with Crippen LogP contribution in [-0.4, -0.2) is 53.4 Å². The highest BCUT2D eigenvalue weighted by molar-refractivity contribution is 5.85. The van der Waals surface area contributed by atoms with Gasteiger partial charge in [-0.1, -0.05) is 30.3 Å². The fourth-order valence-electron chi connectivity index (χ4n) is 4.55. The van der Waals surface area contributed by atoms with Gasteiger partial charge in [0.2, 0.25) is 11.8 Å². The molecule has 1 aliphatic heterocycles. The average molecular weight is 436 g/mol. The van der Waals surface area contributed by atoms with Crippen molar-refractivity contribution in [3.63, 3.8) is 0 Å². The van der Waals surface area contributed by atoms with Gasteiger partial charge in [0.15, 0.2) is 0 Å². The standard InChI is InChI=1S/C24H29N5O3/c30-22-16-29(24(32)27-14-18-4-2-1-3-5-18)15-20-12-19(13-21(20)28-22)23(31)26-11-8-17-6-9-25-10-7-17/h1-7,9-10,19-21H,8,11-16H2,(H,26,31)(H,27,32)(H,28,30)/t19-,20+,21+/m0/s1. The van der Waals surface area contributed by atoms with Gasteiger partial charge in [-0.3, -0.25) is 14.6 Å². The first-order valence-electron chi connectivity index (χ1n) is 11.1. The van der Waals surface area contributed by atoms with Crippen LogP contribution in [0, 0.1) is 11.8 Å². The number of nitrogens with one attached hydrogen (secondary N) is 3. The van der Waals surface area contributed by atoms with Crippen LogP contribution < -0.4 is 16.0 Å². The number of aromatic nitrogens is 1. The first-order valence-corrected chi connectivity index (χ1v) is 11.1. The third kappa shape index (κ3) is 5.63. The Bertz CT molecular complexity index is 937. The lowest BCUT2D eigenvalue weighted by molar-refractivity contribution is -0.125. The van der Waals surface area contributed by atoms with Gasteiger partial charge >= 0.3 is 6.03 Å². The summed E-state index contributed by atoms with van der Waals surface area (Å²) in [4.78, 5) is 43.3. The molecule has 1 aromatic carbocycles. The number of pyridine rings is 1. The van der Waals surface area contributed by atoms with E-state index in [4.69, 9.17) is 0 Å². The lowest BCUT2D eigenvalue weighted by Gasteiger charge is -2.23. The number of amides is 4. The third-order valence-corrected chi connectivity index (χ3v) is 6.24. The van der Waals surface area contributed by atoms with Crippen LogP contribution in [0.15, 0.2) is 54.9 Å². The van der Waals surface area contributed by atoms with Crippen molar-refractivity contribution in [3.8, 4) is 0 Å². The number of hydrogen-bond acceptors (Lipinski definition) is 4. The zero-order valence-electron chi connectivity index (χ0n) is 18.0. The SMILES string of the molecule is O=C1CN(C(=O)NCc2ccccc2)C[C@H]2C[C@H](C(=O)NCCc3ccncc3)C[C@H]2N1. The summed E-state index contributed by atoms with van der Waals surface area (Å²) in [6.07, 6.45) is 5.50. The smallest absolute Gasteiger partial charge is 0.318 e. The van der Waals surface area contributed by atoms with E-state index in [9.17, 15) is 14.4 Å². The van der Waals surface area contributed by atoms with E-state index in [1.54, 1.807) is 17.3 Å². The van der Waals surface area contributed by atoms with Crippen LogP contribution in [0.5, 0.6) is 0 Å². The molecule has 32 heavy (non-hydrogen) atoms. The van der Waals surface area contributed by atoms with Crippen molar-refractivity contribution in [1.29, 1.82) is 0 Å². The Labute approximate surface area is 187 Å². The maximum atomic E-state index is 12.7. The fourth-order valence-corrected chi connectivity index (χ4v) is 4.55. The summed E-state index contributed by atoms with van der Waals surface area (Å²) in [6.45, 7) is 1.48. The topological polar surface area (TPSA) is 103 Å². The zero-order valence-corrected chi connectivity index (χ0v) is 18.0. The summed E-state index contributed by atoms with van der Waals surface area (Å²) in [7, 11) is 0. The van der Waals surface area contributed by atoms with Gasteiger partial charge in [0.1, 0.15) is 6.54 Å². The van der Waals surface area contributed by atoms with Gasteiger partial charge in [-0.15, -0.1) is 0 Å². The van der Waals surface area contributed by atoms with Gasteiger partial charge in [-0.2, -0.15) is 0 Å². The molecule has 3 N–H and O–H groups in total. The molecule has 4 amide bonds. The second kappa shape index (κ2) is 10.3. The quantitative estimate of drug-likeness (QED) is 0.639. The summed E-state index contributed by atoms with van der Waals surface area (Å²) in [5.74, 6) is -0.248. The summed E-state index contributed by atoms with van der Waals surface area (Å²) < 4.78 is 0. The van der Waals surface area contributed by atoms with Crippen molar-refractivity contribution >= 4 is 17.8 Å². The second-order valence-electron chi connectivity index (χ2n) is 8.52. The van der Waals surface area contributed by atoms with E-state index in [0.717, 1.165) is 17.5 Å². The molecule has 0 radical (unpaired) electrons. The lowest BCUT2D eigenvalue weighted by Crippen LogP contribution is -2.44. The Balaban J connectivity index is 1.28. The van der Waals surface area contributed by atoms with Gasteiger partial charge < -0.3 is 20.9 Å². The Morgan fingerprint density at radius 3 is 2.59 bits per heavy atom. The van der Waals surface area contributed by atoms with Crippen molar-refractivity contribution in [2.45, 2.75) is 31.8 Å². The van der Waals surface area contributed by atoms with Crippen molar-refractivity contribution in [3.05, 3.63) is 66.0 Å². The monoisotopic (exact) mass is 435 g/mol. The van der Waals surface area contributed by atoms with Crippen LogP contribution in [0.4, 0.5) is 4.79 Å². The van der Waals surface area contributed by atoms with E-state index in [1.165, 1.54) is 0 Å². The molecule has 2 aromatic rings. The van der Waals surface area contributed by atoms with Crippen LogP contribution in [-0.2, 0) is 22.6 Å². The van der Waals surface area contributed by atoms with E-state index in [2.05, 4.69) is 20.9 Å². The molecular weight excluding hydrogens is 406 g/mol. The molecular formula is C24H29N5O3. The van der Waals surface area contributed by atoms with Crippen LogP contribution in [0.2, 0.25) is 0 Å². The largest absolute Gasteiger partial charge is 0.356 e. The number of fused-ring (bicyclic) bond motifs is 1. The van der Waals surface area contributed by atoms with E-state index < -0.39 is 0 Å². The van der Waals surface area contributed by atoms with Crippen molar-refractivity contribution in [2.24, 2.45) is 11.8 Å². The Kier molecular flexibility index (Phi) is 6.99. The third-order valence-electron chi connectivity index (χ3n) is 6.24. The number of urea groups is 1. The summed E-state index contributed by atoms with van der Waals surface area (Å²) in [5.41, 5.74) is 2.13. The van der Waals surface area contributed by atoms with E-state index in [-0.39, 0.29) is 42.3 Å². The molecule has 3 atom stereocenters.